The van der Waals surface area contributed by atoms with E-state index in [1.54, 1.807) is 4.90 Å². The number of aryl methyl sites for hydroxylation is 2. The van der Waals surface area contributed by atoms with Crippen molar-refractivity contribution in [2.75, 3.05) is 13.6 Å². The fourth-order valence-electron chi connectivity index (χ4n) is 6.90. The number of nitrogens with one attached hydrogen (secondary N) is 2. The molecule has 1 aromatic heterocycles. The molecule has 4 aliphatic rings. The lowest BCUT2D eigenvalue weighted by Gasteiger charge is -2.37. The van der Waals surface area contributed by atoms with Gasteiger partial charge in [-0.05, 0) is 78.0 Å². The van der Waals surface area contributed by atoms with Gasteiger partial charge in [0.25, 0.3) is 17.3 Å². The number of hydrogen-bond donors (Lipinski definition) is 2. The minimum atomic E-state index is -0.956. The fourth-order valence-corrected chi connectivity index (χ4v) is 6.90. The van der Waals surface area contributed by atoms with Crippen LogP contribution in [0.1, 0.15) is 83.8 Å². The number of rotatable bonds is 4. The van der Waals surface area contributed by atoms with Crippen molar-refractivity contribution in [2.45, 2.75) is 90.0 Å². The number of hydrogen-bond acceptors (Lipinski definition) is 5. The molecule has 1 atom stereocenters. The summed E-state index contributed by atoms with van der Waals surface area (Å²) in [5.41, 5.74) is 3.08. The van der Waals surface area contributed by atoms with Crippen LogP contribution >= 0.6 is 0 Å². The summed E-state index contributed by atoms with van der Waals surface area (Å²) >= 11 is 0. The molecule has 0 unspecified atom stereocenters. The van der Waals surface area contributed by atoms with Crippen molar-refractivity contribution < 1.29 is 18.7 Å². The van der Waals surface area contributed by atoms with Crippen LogP contribution in [0.15, 0.2) is 10.9 Å². The maximum Gasteiger partial charge on any atom is 0.255 e. The van der Waals surface area contributed by atoms with Crippen molar-refractivity contribution in [1.29, 1.82) is 0 Å². The van der Waals surface area contributed by atoms with Crippen molar-refractivity contribution in [3.8, 4) is 11.5 Å². The number of aromatic nitrogens is 1. The van der Waals surface area contributed by atoms with Crippen LogP contribution < -0.4 is 20.3 Å². The highest BCUT2D eigenvalue weighted by atomic mass is 19.1. The van der Waals surface area contributed by atoms with Gasteiger partial charge in [-0.3, -0.25) is 9.59 Å². The van der Waals surface area contributed by atoms with Crippen molar-refractivity contribution >= 4 is 5.91 Å². The molecule has 2 N–H and O–H groups in total. The normalized spacial score (nSPS) is 27.5. The maximum absolute atomic E-state index is 16.3. The van der Waals surface area contributed by atoms with Gasteiger partial charge in [0, 0.05) is 53.2 Å². The Morgan fingerprint density at radius 2 is 1.78 bits per heavy atom. The summed E-state index contributed by atoms with van der Waals surface area (Å²) in [4.78, 5) is 31.1. The Morgan fingerprint density at radius 1 is 1.11 bits per heavy atom. The van der Waals surface area contributed by atoms with Crippen LogP contribution in [0.5, 0.6) is 11.5 Å². The number of halogens is 1. The average Bonchev–Trinajstić information content (AvgIpc) is 3.53. The minimum Gasteiger partial charge on any atom is -0.448 e. The van der Waals surface area contributed by atoms with E-state index in [0.717, 1.165) is 49.8 Å². The number of nitrogens with zero attached hydrogens (tertiary/aromatic N) is 1. The van der Waals surface area contributed by atoms with Crippen molar-refractivity contribution in [3.05, 3.63) is 55.7 Å². The molecule has 0 bridgehead atoms. The van der Waals surface area contributed by atoms with Crippen LogP contribution in [-0.2, 0) is 12.0 Å². The van der Waals surface area contributed by atoms with Gasteiger partial charge in [0.05, 0.1) is 12.1 Å². The Hall–Kier alpha value is -2.87. The summed E-state index contributed by atoms with van der Waals surface area (Å²) in [5.74, 6) is -1.00. The smallest absolute Gasteiger partial charge is 0.255 e. The molecule has 1 aromatic carbocycles. The third-order valence-corrected chi connectivity index (χ3v) is 9.30. The summed E-state index contributed by atoms with van der Waals surface area (Å²) in [6.45, 7) is 8.07. The lowest BCUT2D eigenvalue weighted by Crippen LogP contribution is -2.46. The number of ether oxygens (including phenoxy) is 2. The Kier molecular flexibility index (Phi) is 5.50. The third-order valence-electron chi connectivity index (χ3n) is 9.30. The molecule has 2 aliphatic heterocycles. The number of pyridine rings is 1. The van der Waals surface area contributed by atoms with Gasteiger partial charge in [0.2, 0.25) is 5.75 Å². The lowest BCUT2D eigenvalue weighted by molar-refractivity contribution is -0.122. The van der Waals surface area contributed by atoms with Gasteiger partial charge in [-0.1, -0.05) is 0 Å². The maximum atomic E-state index is 16.3. The zero-order valence-electron chi connectivity index (χ0n) is 22.3. The molecule has 2 fully saturated rings. The Labute approximate surface area is 216 Å². The number of H-pyrrole nitrogens is 1. The van der Waals surface area contributed by atoms with E-state index < -0.39 is 17.0 Å². The first kappa shape index (κ1) is 24.5. The second-order valence-electron chi connectivity index (χ2n) is 11.8. The summed E-state index contributed by atoms with van der Waals surface area (Å²) < 4.78 is 29.0. The average molecular weight is 510 g/mol. The molecule has 2 aliphatic carbocycles. The SMILES string of the molecule is CNC1CCC([C@]2(C)Oc3c(C)c4c(c(F)c3O2)C2(CC2)CN(Cc2c(C)cc(C)[nH]c2=O)C4=O)CC1. The first-order valence-corrected chi connectivity index (χ1v) is 13.5. The van der Waals surface area contributed by atoms with Gasteiger partial charge in [-0.15, -0.1) is 0 Å². The van der Waals surface area contributed by atoms with Crippen LogP contribution in [0.2, 0.25) is 0 Å². The van der Waals surface area contributed by atoms with E-state index in [0.29, 0.717) is 40.6 Å². The van der Waals surface area contributed by atoms with Crippen LogP contribution in [0, 0.1) is 32.5 Å². The van der Waals surface area contributed by atoms with E-state index in [-0.39, 0.29) is 29.7 Å². The molecule has 7 nitrogen and oxygen atoms in total. The second-order valence-corrected chi connectivity index (χ2v) is 11.8. The second kappa shape index (κ2) is 8.32. The molecule has 0 saturated heterocycles. The van der Waals surface area contributed by atoms with E-state index in [2.05, 4.69) is 10.3 Å². The van der Waals surface area contributed by atoms with E-state index in [4.69, 9.17) is 9.47 Å². The number of fused-ring (bicyclic) bond motifs is 3. The third kappa shape index (κ3) is 3.70. The van der Waals surface area contributed by atoms with Crippen molar-refractivity contribution in [2.24, 2.45) is 5.92 Å². The Bertz CT molecular complexity index is 1360. The fraction of sp³-hybridized carbons (Fsp3) is 0.586. The lowest BCUT2D eigenvalue weighted by atomic mass is 9.81. The standard InChI is InChI=1S/C29H36FN3O4/c1-15-12-16(2)32-26(34)20(15)13-33-14-29(10-11-29)22-21(27(33)35)17(3)24-25(23(22)30)37-28(4,36-24)18-6-8-19(31-5)9-7-18/h12,18-19,31H,6-11,13-14H2,1-5H3,(H,32,34)/t18?,19?,28-/m1/s1. The topological polar surface area (TPSA) is 83.7 Å². The van der Waals surface area contributed by atoms with E-state index in [1.807, 2.05) is 40.8 Å². The van der Waals surface area contributed by atoms with Gasteiger partial charge >= 0.3 is 0 Å². The number of aromatic amines is 1. The molecule has 1 amide bonds. The van der Waals surface area contributed by atoms with Gasteiger partial charge < -0.3 is 24.7 Å². The molecule has 6 rings (SSSR count). The monoisotopic (exact) mass is 509 g/mol. The highest BCUT2D eigenvalue weighted by molar-refractivity contribution is 6.00. The molecule has 2 saturated carbocycles. The molecule has 198 valence electrons. The summed E-state index contributed by atoms with van der Waals surface area (Å²) in [5, 5.41) is 3.35. The minimum absolute atomic E-state index is 0.138. The van der Waals surface area contributed by atoms with Gasteiger partial charge in [0.1, 0.15) is 0 Å². The van der Waals surface area contributed by atoms with Crippen LogP contribution in [0.25, 0.3) is 0 Å². The molecule has 2 aromatic rings. The van der Waals surface area contributed by atoms with Crippen LogP contribution in [-0.4, -0.2) is 41.2 Å². The number of carbonyl (C=O) groups excluding carboxylic acids is 1. The van der Waals surface area contributed by atoms with Crippen molar-refractivity contribution in [1.82, 2.24) is 15.2 Å². The van der Waals surface area contributed by atoms with Crippen molar-refractivity contribution in [3.63, 3.8) is 0 Å². The highest BCUT2D eigenvalue weighted by Gasteiger charge is 2.57. The van der Waals surface area contributed by atoms with Gasteiger partial charge in [-0.25, -0.2) is 4.39 Å². The predicted octanol–water partition coefficient (Wildman–Crippen LogP) is 4.39. The quantitative estimate of drug-likeness (QED) is 0.639. The van der Waals surface area contributed by atoms with Crippen LogP contribution in [0.3, 0.4) is 0 Å². The molecule has 1 spiro atoms. The summed E-state index contributed by atoms with van der Waals surface area (Å²) in [6.07, 6.45) is 5.50. The number of benzene rings is 1. The largest absolute Gasteiger partial charge is 0.448 e. The molecule has 3 heterocycles. The first-order valence-electron chi connectivity index (χ1n) is 13.5. The van der Waals surface area contributed by atoms with E-state index >= 15 is 4.39 Å². The zero-order valence-corrected chi connectivity index (χ0v) is 22.3. The molecule has 37 heavy (non-hydrogen) atoms. The Balaban J connectivity index is 1.37. The van der Waals surface area contributed by atoms with Gasteiger partial charge in [0.15, 0.2) is 11.6 Å². The molecule has 0 radical (unpaired) electrons. The van der Waals surface area contributed by atoms with Gasteiger partial charge in [-0.2, -0.15) is 0 Å². The number of amides is 1. The van der Waals surface area contributed by atoms with E-state index in [9.17, 15) is 9.59 Å². The molecule has 8 heteroatoms. The molecular formula is C29H36FN3O4. The van der Waals surface area contributed by atoms with E-state index in [1.165, 1.54) is 0 Å². The first-order chi connectivity index (χ1) is 17.6. The molecular weight excluding hydrogens is 473 g/mol. The summed E-state index contributed by atoms with van der Waals surface area (Å²) in [7, 11) is 1.98. The summed E-state index contributed by atoms with van der Waals surface area (Å²) in [6, 6.07) is 2.40. The number of carbonyl (C=O) groups is 1. The zero-order chi connectivity index (χ0) is 26.3. The Morgan fingerprint density at radius 3 is 2.41 bits per heavy atom. The predicted molar refractivity (Wildman–Crippen MR) is 138 cm³/mol. The van der Waals surface area contributed by atoms with Crippen LogP contribution in [0.4, 0.5) is 4.39 Å². The highest BCUT2D eigenvalue weighted by Crippen LogP contribution is 2.59.